The van der Waals surface area contributed by atoms with Crippen LogP contribution in [0.5, 0.6) is 0 Å². The third-order valence-electron chi connectivity index (χ3n) is 4.80. The molecule has 24 heavy (non-hydrogen) atoms. The fourth-order valence-electron chi connectivity index (χ4n) is 3.54. The Morgan fingerprint density at radius 3 is 2.88 bits per heavy atom. The summed E-state index contributed by atoms with van der Waals surface area (Å²) in [5.41, 5.74) is 1.02. The molecule has 0 spiro atoms. The Balaban J connectivity index is 1.53. The van der Waals surface area contributed by atoms with E-state index in [0.29, 0.717) is 29.7 Å². The Labute approximate surface area is 144 Å². The number of hydrogen-bond donors (Lipinski definition) is 1. The highest BCUT2D eigenvalue weighted by molar-refractivity contribution is 6.31. The van der Waals surface area contributed by atoms with Crippen molar-refractivity contribution in [3.8, 4) is 0 Å². The van der Waals surface area contributed by atoms with Gasteiger partial charge in [0.05, 0.1) is 6.10 Å². The van der Waals surface area contributed by atoms with Crippen molar-refractivity contribution in [2.45, 2.75) is 37.8 Å². The number of aliphatic hydroxyl groups is 1. The summed E-state index contributed by atoms with van der Waals surface area (Å²) in [6.45, 7) is 2.04. The second-order valence-corrected chi connectivity index (χ2v) is 6.95. The van der Waals surface area contributed by atoms with Crippen LogP contribution in [0.1, 0.15) is 42.1 Å². The van der Waals surface area contributed by atoms with Gasteiger partial charge in [-0.2, -0.15) is 4.98 Å². The Hall–Kier alpha value is -1.92. The van der Waals surface area contributed by atoms with Gasteiger partial charge in [0, 0.05) is 23.9 Å². The van der Waals surface area contributed by atoms with Crippen molar-refractivity contribution in [3.05, 3.63) is 46.6 Å². The van der Waals surface area contributed by atoms with Crippen molar-refractivity contribution in [3.63, 3.8) is 0 Å². The van der Waals surface area contributed by atoms with Crippen LogP contribution in [0, 0.1) is 12.8 Å². The zero-order valence-electron chi connectivity index (χ0n) is 13.2. The van der Waals surface area contributed by atoms with Crippen LogP contribution in [-0.4, -0.2) is 38.7 Å². The molecule has 0 radical (unpaired) electrons. The van der Waals surface area contributed by atoms with Crippen LogP contribution in [0.25, 0.3) is 0 Å². The molecule has 2 heterocycles. The zero-order valence-corrected chi connectivity index (χ0v) is 14.0. The van der Waals surface area contributed by atoms with Gasteiger partial charge in [-0.1, -0.05) is 35.0 Å². The van der Waals surface area contributed by atoms with E-state index in [1.165, 1.54) is 0 Å². The number of rotatable bonds is 3. The Bertz CT molecular complexity index is 778. The van der Waals surface area contributed by atoms with E-state index in [1.807, 2.05) is 24.3 Å². The summed E-state index contributed by atoms with van der Waals surface area (Å²) >= 11 is 6.24. The molecule has 0 bridgehead atoms. The van der Waals surface area contributed by atoms with E-state index in [0.717, 1.165) is 12.0 Å². The van der Waals surface area contributed by atoms with Crippen molar-refractivity contribution in [2.24, 2.45) is 5.92 Å². The van der Waals surface area contributed by atoms with Crippen molar-refractivity contribution >= 4 is 17.5 Å². The number of aromatic nitrogens is 2. The lowest BCUT2D eigenvalue weighted by Gasteiger charge is -2.21. The van der Waals surface area contributed by atoms with Gasteiger partial charge < -0.3 is 14.5 Å². The third-order valence-corrected chi connectivity index (χ3v) is 5.15. The van der Waals surface area contributed by atoms with E-state index in [1.54, 1.807) is 11.8 Å². The summed E-state index contributed by atoms with van der Waals surface area (Å²) in [6.07, 6.45) is 0.644. The molecule has 1 aromatic carbocycles. The fourth-order valence-corrected chi connectivity index (χ4v) is 3.82. The Morgan fingerprint density at radius 2 is 2.17 bits per heavy atom. The molecule has 4 atom stereocenters. The first-order valence-corrected chi connectivity index (χ1v) is 8.45. The Morgan fingerprint density at radius 1 is 1.38 bits per heavy atom. The number of benzene rings is 1. The number of carbonyl (C=O) groups is 1. The molecule has 0 unspecified atom stereocenters. The SMILES string of the molecule is Cc1noc([C@H]2C[C@H](O)CN2C(=O)[C@@H]2C[C@@H]2c2ccccc2Cl)n1. The van der Waals surface area contributed by atoms with Gasteiger partial charge in [-0.25, -0.2) is 0 Å². The average Bonchev–Trinajstić information content (AvgIpc) is 3.07. The number of halogens is 1. The number of nitrogens with zero attached hydrogens (tertiary/aromatic N) is 3. The predicted octanol–water partition coefficient (Wildman–Crippen LogP) is 2.47. The lowest BCUT2D eigenvalue weighted by atomic mass is 10.1. The smallest absolute Gasteiger partial charge is 0.249 e. The molecule has 1 saturated heterocycles. The summed E-state index contributed by atoms with van der Waals surface area (Å²) in [4.78, 5) is 18.8. The van der Waals surface area contributed by atoms with Crippen LogP contribution in [0.4, 0.5) is 0 Å². The molecule has 2 fully saturated rings. The minimum Gasteiger partial charge on any atom is -0.391 e. The van der Waals surface area contributed by atoms with Gasteiger partial charge >= 0.3 is 0 Å². The molecule has 1 aliphatic heterocycles. The minimum atomic E-state index is -0.566. The highest BCUT2D eigenvalue weighted by atomic mass is 35.5. The lowest BCUT2D eigenvalue weighted by Crippen LogP contribution is -2.33. The maximum Gasteiger partial charge on any atom is 0.249 e. The number of carbonyl (C=O) groups excluding carboxylic acids is 1. The molecular weight excluding hydrogens is 330 g/mol. The molecule has 1 amide bonds. The van der Waals surface area contributed by atoms with Gasteiger partial charge in [-0.3, -0.25) is 4.79 Å². The number of aryl methyl sites for hydroxylation is 1. The third kappa shape index (κ3) is 2.70. The molecule has 4 rings (SSSR count). The second-order valence-electron chi connectivity index (χ2n) is 6.55. The molecule has 6 nitrogen and oxygen atoms in total. The van der Waals surface area contributed by atoms with Gasteiger partial charge in [0.25, 0.3) is 0 Å². The molecule has 1 saturated carbocycles. The first-order chi connectivity index (χ1) is 11.5. The molecule has 2 aromatic rings. The topological polar surface area (TPSA) is 79.5 Å². The number of aliphatic hydroxyl groups excluding tert-OH is 1. The highest BCUT2D eigenvalue weighted by Gasteiger charge is 2.50. The van der Waals surface area contributed by atoms with Crippen molar-refractivity contribution in [1.82, 2.24) is 15.0 Å². The number of hydrogen-bond acceptors (Lipinski definition) is 5. The molecule has 126 valence electrons. The quantitative estimate of drug-likeness (QED) is 0.922. The average molecular weight is 348 g/mol. The zero-order chi connectivity index (χ0) is 16.8. The van der Waals surface area contributed by atoms with E-state index >= 15 is 0 Å². The number of β-amino-alcohol motifs (C(OH)–C–C–N with tert-alkyl or cyclic N) is 1. The first kappa shape index (κ1) is 15.6. The van der Waals surface area contributed by atoms with Crippen molar-refractivity contribution in [2.75, 3.05) is 6.54 Å². The number of amides is 1. The second kappa shape index (κ2) is 5.86. The van der Waals surface area contributed by atoms with Gasteiger partial charge in [-0.15, -0.1) is 0 Å². The minimum absolute atomic E-state index is 0.0253. The van der Waals surface area contributed by atoms with Crippen LogP contribution in [0.2, 0.25) is 5.02 Å². The van der Waals surface area contributed by atoms with Crippen molar-refractivity contribution in [1.29, 1.82) is 0 Å². The number of likely N-dealkylation sites (tertiary alicyclic amines) is 1. The van der Waals surface area contributed by atoms with Crippen LogP contribution >= 0.6 is 11.6 Å². The molecule has 2 aliphatic rings. The van der Waals surface area contributed by atoms with Crippen LogP contribution in [0.3, 0.4) is 0 Å². The molecule has 1 aromatic heterocycles. The van der Waals surface area contributed by atoms with E-state index in [4.69, 9.17) is 16.1 Å². The summed E-state index contributed by atoms with van der Waals surface area (Å²) in [5.74, 6) is 1.000. The predicted molar refractivity (Wildman–Crippen MR) is 86.4 cm³/mol. The fraction of sp³-hybridized carbons (Fsp3) is 0.471. The first-order valence-electron chi connectivity index (χ1n) is 8.07. The largest absolute Gasteiger partial charge is 0.391 e. The van der Waals surface area contributed by atoms with Crippen LogP contribution in [0.15, 0.2) is 28.8 Å². The lowest BCUT2D eigenvalue weighted by molar-refractivity contribution is -0.134. The Kier molecular flexibility index (Phi) is 3.81. The van der Waals surface area contributed by atoms with E-state index in [2.05, 4.69) is 10.1 Å². The van der Waals surface area contributed by atoms with Gasteiger partial charge in [0.15, 0.2) is 5.82 Å². The van der Waals surface area contributed by atoms with Gasteiger partial charge in [0.1, 0.15) is 6.04 Å². The van der Waals surface area contributed by atoms with Crippen LogP contribution < -0.4 is 0 Å². The maximum absolute atomic E-state index is 12.9. The molecule has 1 aliphatic carbocycles. The summed E-state index contributed by atoms with van der Waals surface area (Å²) in [5, 5.41) is 14.5. The van der Waals surface area contributed by atoms with Gasteiger partial charge in [0.2, 0.25) is 11.8 Å². The van der Waals surface area contributed by atoms with E-state index in [9.17, 15) is 9.90 Å². The highest BCUT2D eigenvalue weighted by Crippen LogP contribution is 2.51. The normalized spacial score (nSPS) is 29.0. The molecule has 1 N–H and O–H groups in total. The van der Waals surface area contributed by atoms with Crippen molar-refractivity contribution < 1.29 is 14.4 Å². The summed E-state index contributed by atoms with van der Waals surface area (Å²) in [7, 11) is 0. The van der Waals surface area contributed by atoms with Gasteiger partial charge in [-0.05, 0) is 30.9 Å². The van der Waals surface area contributed by atoms with E-state index < -0.39 is 6.10 Å². The summed E-state index contributed by atoms with van der Waals surface area (Å²) in [6, 6.07) is 7.29. The monoisotopic (exact) mass is 347 g/mol. The maximum atomic E-state index is 12.9. The molecule has 7 heteroatoms. The standard InChI is InChI=1S/C17H18ClN3O3/c1-9-19-16(24-20-9)15-6-10(22)8-21(15)17(23)13-7-12(13)11-4-2-3-5-14(11)18/h2-5,10,12-13,15,22H,6-8H2,1H3/t10-,12+,13+,15+/m0/s1. The van der Waals surface area contributed by atoms with Crippen LogP contribution in [-0.2, 0) is 4.79 Å². The summed E-state index contributed by atoms with van der Waals surface area (Å²) < 4.78 is 5.22. The van der Waals surface area contributed by atoms with E-state index in [-0.39, 0.29) is 23.8 Å². The molecular formula is C17H18ClN3O3.